The minimum absolute atomic E-state index is 0.00748. The highest BCUT2D eigenvalue weighted by molar-refractivity contribution is 6.30. The van der Waals surface area contributed by atoms with Crippen LogP contribution < -0.4 is 5.32 Å². The Bertz CT molecular complexity index is 530. The highest BCUT2D eigenvalue weighted by Crippen LogP contribution is 2.17. The molecule has 0 aliphatic heterocycles. The zero-order valence-corrected chi connectivity index (χ0v) is 12.8. The lowest BCUT2D eigenvalue weighted by atomic mass is 10.1. The van der Waals surface area contributed by atoms with E-state index in [-0.39, 0.29) is 31.3 Å². The molecule has 1 N–H and O–H groups in total. The third-order valence-corrected chi connectivity index (χ3v) is 3.01. The second-order valence-electron chi connectivity index (χ2n) is 4.71. The Hall–Kier alpha value is -1.88. The lowest BCUT2D eigenvalue weighted by Gasteiger charge is -2.14. The van der Waals surface area contributed by atoms with Crippen molar-refractivity contribution in [1.82, 2.24) is 5.32 Å². The number of carbonyl (C=O) groups is 3. The van der Waals surface area contributed by atoms with Crippen LogP contribution >= 0.6 is 11.6 Å². The summed E-state index contributed by atoms with van der Waals surface area (Å²) in [7, 11) is 0. The summed E-state index contributed by atoms with van der Waals surface area (Å²) < 4.78 is 4.79. The van der Waals surface area contributed by atoms with E-state index in [2.05, 4.69) is 5.32 Å². The smallest absolute Gasteiger partial charge is 0.306 e. The predicted octanol–water partition coefficient (Wildman–Crippen LogP) is 2.43. The molecule has 1 atom stereocenters. The Morgan fingerprint density at radius 2 is 2.00 bits per heavy atom. The fourth-order valence-electron chi connectivity index (χ4n) is 1.64. The van der Waals surface area contributed by atoms with Crippen LogP contribution in [0.25, 0.3) is 0 Å². The number of esters is 1. The van der Waals surface area contributed by atoms with Crippen LogP contribution in [-0.4, -0.2) is 24.3 Å². The fourth-order valence-corrected chi connectivity index (χ4v) is 1.84. The first-order valence-electron chi connectivity index (χ1n) is 6.58. The van der Waals surface area contributed by atoms with Crippen molar-refractivity contribution in [1.29, 1.82) is 0 Å². The van der Waals surface area contributed by atoms with Gasteiger partial charge in [-0.3, -0.25) is 9.59 Å². The van der Waals surface area contributed by atoms with Crippen molar-refractivity contribution < 1.29 is 19.1 Å². The molecule has 0 unspecified atom stereocenters. The van der Waals surface area contributed by atoms with E-state index in [1.807, 2.05) is 6.07 Å². The van der Waals surface area contributed by atoms with Gasteiger partial charge in [-0.15, -0.1) is 0 Å². The number of benzene rings is 1. The van der Waals surface area contributed by atoms with Gasteiger partial charge < -0.3 is 14.8 Å². The number of rotatable bonds is 7. The molecule has 5 nitrogen and oxygen atoms in total. The summed E-state index contributed by atoms with van der Waals surface area (Å²) in [5, 5.41) is 3.29. The molecule has 0 radical (unpaired) electrons. The first kappa shape index (κ1) is 17.2. The Kier molecular flexibility index (Phi) is 6.88. The number of hydrogen-bond donors (Lipinski definition) is 1. The van der Waals surface area contributed by atoms with E-state index in [1.165, 1.54) is 6.92 Å². The maximum absolute atomic E-state index is 11.7. The molecule has 0 spiro atoms. The minimum Gasteiger partial charge on any atom is -0.456 e. The molecular weight excluding hydrogens is 294 g/mol. The summed E-state index contributed by atoms with van der Waals surface area (Å²) in [5.74, 6) is -1.06. The molecule has 6 heteroatoms. The number of carbonyl (C=O) groups excluding carboxylic acids is 3. The molecule has 0 heterocycles. The van der Waals surface area contributed by atoms with Crippen LogP contribution in [0.3, 0.4) is 0 Å². The lowest BCUT2D eigenvalue weighted by Crippen LogP contribution is -2.31. The van der Waals surface area contributed by atoms with Gasteiger partial charge >= 0.3 is 5.97 Å². The van der Waals surface area contributed by atoms with Gasteiger partial charge in [0.15, 0.2) is 6.61 Å². The Balaban J connectivity index is 2.36. The molecule has 0 bridgehead atoms. The number of amides is 1. The van der Waals surface area contributed by atoms with Gasteiger partial charge in [-0.25, -0.2) is 0 Å². The number of hydrogen-bond acceptors (Lipinski definition) is 4. The topological polar surface area (TPSA) is 72.5 Å². The predicted molar refractivity (Wildman–Crippen MR) is 78.9 cm³/mol. The van der Waals surface area contributed by atoms with E-state index < -0.39 is 11.9 Å². The first-order valence-corrected chi connectivity index (χ1v) is 6.96. The maximum Gasteiger partial charge on any atom is 0.306 e. The van der Waals surface area contributed by atoms with Crippen molar-refractivity contribution in [3.05, 3.63) is 34.9 Å². The van der Waals surface area contributed by atoms with Crippen molar-refractivity contribution in [3.8, 4) is 0 Å². The fraction of sp³-hybridized carbons (Fsp3) is 0.400. The van der Waals surface area contributed by atoms with E-state index in [0.717, 1.165) is 5.56 Å². The van der Waals surface area contributed by atoms with Crippen LogP contribution in [0.5, 0.6) is 0 Å². The zero-order valence-electron chi connectivity index (χ0n) is 12.0. The van der Waals surface area contributed by atoms with E-state index in [9.17, 15) is 14.4 Å². The quantitative estimate of drug-likeness (QED) is 0.785. The van der Waals surface area contributed by atoms with Crippen LogP contribution in [0, 0.1) is 0 Å². The molecule has 1 aromatic rings. The van der Waals surface area contributed by atoms with Crippen molar-refractivity contribution in [2.75, 3.05) is 6.61 Å². The number of ether oxygens (including phenoxy) is 1. The zero-order chi connectivity index (χ0) is 15.8. The molecule has 1 amide bonds. The Morgan fingerprint density at radius 3 is 2.62 bits per heavy atom. The molecule has 1 aromatic carbocycles. The van der Waals surface area contributed by atoms with Gasteiger partial charge in [0.2, 0.25) is 0 Å². The SMILES string of the molecule is CC(=O)CCC(=O)OCC(=O)N[C@H](C)c1cccc(Cl)c1. The van der Waals surface area contributed by atoms with Crippen molar-refractivity contribution in [2.24, 2.45) is 0 Å². The van der Waals surface area contributed by atoms with Crippen LogP contribution in [0.4, 0.5) is 0 Å². The van der Waals surface area contributed by atoms with E-state index >= 15 is 0 Å². The van der Waals surface area contributed by atoms with Gasteiger partial charge in [0.05, 0.1) is 12.5 Å². The second-order valence-corrected chi connectivity index (χ2v) is 5.14. The van der Waals surface area contributed by atoms with Crippen molar-refractivity contribution in [3.63, 3.8) is 0 Å². The maximum atomic E-state index is 11.7. The average molecular weight is 312 g/mol. The monoisotopic (exact) mass is 311 g/mol. The minimum atomic E-state index is -0.559. The van der Waals surface area contributed by atoms with Crippen LogP contribution in [0.15, 0.2) is 24.3 Å². The number of nitrogens with one attached hydrogen (secondary N) is 1. The molecule has 0 fully saturated rings. The number of ketones is 1. The Morgan fingerprint density at radius 1 is 1.29 bits per heavy atom. The number of Topliss-reactive ketones (excluding diaryl/α,β-unsaturated/α-hetero) is 1. The first-order chi connectivity index (χ1) is 9.88. The normalized spacial score (nSPS) is 11.6. The van der Waals surface area contributed by atoms with E-state index in [1.54, 1.807) is 25.1 Å². The third kappa shape index (κ3) is 6.90. The largest absolute Gasteiger partial charge is 0.456 e. The highest BCUT2D eigenvalue weighted by Gasteiger charge is 2.12. The van der Waals surface area contributed by atoms with Crippen molar-refractivity contribution in [2.45, 2.75) is 32.7 Å². The third-order valence-electron chi connectivity index (χ3n) is 2.77. The van der Waals surface area contributed by atoms with Crippen LogP contribution in [0.1, 0.15) is 38.3 Å². The highest BCUT2D eigenvalue weighted by atomic mass is 35.5. The lowest BCUT2D eigenvalue weighted by molar-refractivity contribution is -0.149. The molecule has 0 aliphatic carbocycles. The van der Waals surface area contributed by atoms with E-state index in [4.69, 9.17) is 16.3 Å². The summed E-state index contributed by atoms with van der Waals surface area (Å²) in [6, 6.07) is 6.90. The molecule has 114 valence electrons. The van der Waals surface area contributed by atoms with Gasteiger partial charge in [0.1, 0.15) is 5.78 Å². The molecule has 0 aromatic heterocycles. The molecule has 1 rings (SSSR count). The summed E-state index contributed by atoms with van der Waals surface area (Å²) in [6.45, 7) is 2.84. The molecule has 0 saturated heterocycles. The summed E-state index contributed by atoms with van der Waals surface area (Å²) in [4.78, 5) is 33.7. The summed E-state index contributed by atoms with van der Waals surface area (Å²) in [6.07, 6.45) is 0.117. The van der Waals surface area contributed by atoms with Crippen molar-refractivity contribution >= 4 is 29.3 Å². The molecular formula is C15H18ClNO4. The molecule has 21 heavy (non-hydrogen) atoms. The Labute approximate surface area is 128 Å². The van der Waals surface area contributed by atoms with Gasteiger partial charge in [-0.1, -0.05) is 23.7 Å². The molecule has 0 aliphatic rings. The second kappa shape index (κ2) is 8.42. The van der Waals surface area contributed by atoms with Gasteiger partial charge in [0, 0.05) is 11.4 Å². The summed E-state index contributed by atoms with van der Waals surface area (Å²) >= 11 is 5.88. The molecule has 0 saturated carbocycles. The van der Waals surface area contributed by atoms with Crippen LogP contribution in [-0.2, 0) is 19.1 Å². The van der Waals surface area contributed by atoms with Crippen LogP contribution in [0.2, 0.25) is 5.02 Å². The van der Waals surface area contributed by atoms with Gasteiger partial charge in [0.25, 0.3) is 5.91 Å². The summed E-state index contributed by atoms with van der Waals surface area (Å²) in [5.41, 5.74) is 0.860. The number of halogens is 1. The standard InChI is InChI=1S/C15H18ClNO4/c1-10(18)6-7-15(20)21-9-14(19)17-11(2)12-4-3-5-13(16)8-12/h3-5,8,11H,6-7,9H2,1-2H3,(H,17,19)/t11-/m1/s1. The average Bonchev–Trinajstić information content (AvgIpc) is 2.42. The van der Waals surface area contributed by atoms with Gasteiger partial charge in [-0.05, 0) is 31.5 Å². The van der Waals surface area contributed by atoms with Gasteiger partial charge in [-0.2, -0.15) is 0 Å². The van der Waals surface area contributed by atoms with E-state index in [0.29, 0.717) is 5.02 Å².